The summed E-state index contributed by atoms with van der Waals surface area (Å²) in [6, 6.07) is 10.3. The van der Waals surface area contributed by atoms with Gasteiger partial charge in [-0.05, 0) is 37.3 Å². The lowest BCUT2D eigenvalue weighted by Gasteiger charge is -2.10. The molecule has 0 aliphatic rings. The summed E-state index contributed by atoms with van der Waals surface area (Å²) in [6.45, 7) is 2.11. The van der Waals surface area contributed by atoms with Gasteiger partial charge in [0.2, 0.25) is 0 Å². The number of carboxylic acids is 1. The van der Waals surface area contributed by atoms with E-state index in [1.54, 1.807) is 12.1 Å². The summed E-state index contributed by atoms with van der Waals surface area (Å²) in [5.74, 6) is -0.291. The highest BCUT2D eigenvalue weighted by molar-refractivity contribution is 5.91. The number of pyridine rings is 1. The van der Waals surface area contributed by atoms with Gasteiger partial charge < -0.3 is 14.6 Å². The Balaban J connectivity index is 2.18. The first kappa shape index (κ1) is 13.9. The molecule has 5 nitrogen and oxygen atoms in total. The molecule has 1 N–H and O–H groups in total. The maximum absolute atomic E-state index is 11.2. The van der Waals surface area contributed by atoms with E-state index in [2.05, 4.69) is 4.98 Å². The first-order valence-corrected chi connectivity index (χ1v) is 6.07. The lowest BCUT2D eigenvalue weighted by Crippen LogP contribution is -2.05. The van der Waals surface area contributed by atoms with Crippen LogP contribution in [0.25, 0.3) is 0 Å². The third kappa shape index (κ3) is 3.26. The second-order valence-electron chi connectivity index (χ2n) is 4.23. The van der Waals surface area contributed by atoms with Crippen LogP contribution in [0.4, 0.5) is 0 Å². The number of hydrogen-bond acceptors (Lipinski definition) is 4. The van der Waals surface area contributed by atoms with E-state index in [-0.39, 0.29) is 12.2 Å². The number of ether oxygens (including phenoxy) is 2. The molecule has 5 heteroatoms. The van der Waals surface area contributed by atoms with Gasteiger partial charge in [0.1, 0.15) is 23.7 Å². The van der Waals surface area contributed by atoms with E-state index < -0.39 is 5.97 Å². The Labute approximate surface area is 116 Å². The topological polar surface area (TPSA) is 68.7 Å². The molecule has 0 aliphatic carbocycles. The zero-order chi connectivity index (χ0) is 14.5. The van der Waals surface area contributed by atoms with Crippen molar-refractivity contribution < 1.29 is 19.4 Å². The molecule has 1 heterocycles. The van der Waals surface area contributed by atoms with Crippen molar-refractivity contribution in [1.82, 2.24) is 4.98 Å². The standard InChI is InChI=1S/C15H15NO4/c1-10-4-3-5-11(16-10)9-20-14-7-6-12(19-2)8-13(14)15(17)18/h3-8H,9H2,1-2H3,(H,17,18). The van der Waals surface area contributed by atoms with Crippen LogP contribution in [-0.2, 0) is 6.61 Å². The monoisotopic (exact) mass is 273 g/mol. The van der Waals surface area contributed by atoms with Gasteiger partial charge in [-0.15, -0.1) is 0 Å². The van der Waals surface area contributed by atoms with Crippen LogP contribution >= 0.6 is 0 Å². The number of aromatic carboxylic acids is 1. The SMILES string of the molecule is COc1ccc(OCc2cccc(C)n2)c(C(=O)O)c1. The number of nitrogens with zero attached hydrogens (tertiary/aromatic N) is 1. The number of benzene rings is 1. The molecule has 0 fully saturated rings. The summed E-state index contributed by atoms with van der Waals surface area (Å²) in [4.78, 5) is 15.5. The van der Waals surface area contributed by atoms with E-state index in [0.717, 1.165) is 11.4 Å². The largest absolute Gasteiger partial charge is 0.497 e. The van der Waals surface area contributed by atoms with Crippen LogP contribution in [0.1, 0.15) is 21.7 Å². The molecule has 0 radical (unpaired) electrons. The fourth-order valence-electron chi connectivity index (χ4n) is 1.76. The number of carboxylic acid groups (broad SMARTS) is 1. The zero-order valence-corrected chi connectivity index (χ0v) is 11.3. The van der Waals surface area contributed by atoms with Gasteiger partial charge in [-0.2, -0.15) is 0 Å². The summed E-state index contributed by atoms with van der Waals surface area (Å²) in [5, 5.41) is 9.18. The van der Waals surface area contributed by atoms with Crippen molar-refractivity contribution in [2.24, 2.45) is 0 Å². The molecule has 0 aliphatic heterocycles. The molecule has 1 aromatic heterocycles. The van der Waals surface area contributed by atoms with Crippen molar-refractivity contribution >= 4 is 5.97 Å². The van der Waals surface area contributed by atoms with Crippen LogP contribution in [0, 0.1) is 6.92 Å². The van der Waals surface area contributed by atoms with E-state index in [9.17, 15) is 9.90 Å². The van der Waals surface area contributed by atoms with Gasteiger partial charge in [0.25, 0.3) is 0 Å². The molecule has 1 aromatic carbocycles. The molecule has 2 rings (SSSR count). The van der Waals surface area contributed by atoms with Crippen LogP contribution in [0.3, 0.4) is 0 Å². The lowest BCUT2D eigenvalue weighted by atomic mass is 10.2. The number of hydrogen-bond donors (Lipinski definition) is 1. The molecule has 104 valence electrons. The molecule has 20 heavy (non-hydrogen) atoms. The molecule has 0 spiro atoms. The van der Waals surface area contributed by atoms with E-state index in [1.807, 2.05) is 25.1 Å². The van der Waals surface area contributed by atoms with Crippen LogP contribution in [-0.4, -0.2) is 23.2 Å². The van der Waals surface area contributed by atoms with E-state index >= 15 is 0 Å². The first-order chi connectivity index (χ1) is 9.60. The zero-order valence-electron chi connectivity index (χ0n) is 11.3. The van der Waals surface area contributed by atoms with Gasteiger partial charge >= 0.3 is 5.97 Å². The predicted octanol–water partition coefficient (Wildman–Crippen LogP) is 2.68. The summed E-state index contributed by atoms with van der Waals surface area (Å²) in [5.41, 5.74) is 1.70. The molecule has 0 saturated heterocycles. The fourth-order valence-corrected chi connectivity index (χ4v) is 1.76. The van der Waals surface area contributed by atoms with Crippen LogP contribution in [0.15, 0.2) is 36.4 Å². The Morgan fingerprint density at radius 1 is 1.30 bits per heavy atom. The van der Waals surface area contributed by atoms with Crippen molar-refractivity contribution in [1.29, 1.82) is 0 Å². The van der Waals surface area contributed by atoms with Gasteiger partial charge in [-0.3, -0.25) is 4.98 Å². The first-order valence-electron chi connectivity index (χ1n) is 6.07. The summed E-state index contributed by atoms with van der Waals surface area (Å²) < 4.78 is 10.5. The molecular formula is C15H15NO4. The van der Waals surface area contributed by atoms with E-state index in [4.69, 9.17) is 9.47 Å². The predicted molar refractivity (Wildman–Crippen MR) is 73.3 cm³/mol. The fraction of sp³-hybridized carbons (Fsp3) is 0.200. The number of methoxy groups -OCH3 is 1. The second-order valence-corrected chi connectivity index (χ2v) is 4.23. The maximum Gasteiger partial charge on any atom is 0.339 e. The van der Waals surface area contributed by atoms with Crippen LogP contribution in [0.5, 0.6) is 11.5 Å². The average molecular weight is 273 g/mol. The second kappa shape index (κ2) is 6.06. The molecule has 0 unspecified atom stereocenters. The van der Waals surface area contributed by atoms with Crippen LogP contribution in [0.2, 0.25) is 0 Å². The smallest absolute Gasteiger partial charge is 0.339 e. The Morgan fingerprint density at radius 3 is 2.75 bits per heavy atom. The average Bonchev–Trinajstić information content (AvgIpc) is 2.45. The van der Waals surface area contributed by atoms with Gasteiger partial charge in [-0.25, -0.2) is 4.79 Å². The Morgan fingerprint density at radius 2 is 2.10 bits per heavy atom. The van der Waals surface area contributed by atoms with Gasteiger partial charge in [0, 0.05) is 5.69 Å². The molecule has 0 amide bonds. The summed E-state index contributed by atoms with van der Waals surface area (Å²) in [7, 11) is 1.48. The van der Waals surface area contributed by atoms with E-state index in [0.29, 0.717) is 11.5 Å². The summed E-state index contributed by atoms with van der Waals surface area (Å²) >= 11 is 0. The highest BCUT2D eigenvalue weighted by Gasteiger charge is 2.13. The number of aryl methyl sites for hydroxylation is 1. The molecule has 0 atom stereocenters. The number of rotatable bonds is 5. The minimum absolute atomic E-state index is 0.0667. The molecular weight excluding hydrogens is 258 g/mol. The van der Waals surface area contributed by atoms with Crippen molar-refractivity contribution in [3.8, 4) is 11.5 Å². The third-order valence-electron chi connectivity index (χ3n) is 2.74. The van der Waals surface area contributed by atoms with Gasteiger partial charge in [0.15, 0.2) is 0 Å². The number of aromatic nitrogens is 1. The highest BCUT2D eigenvalue weighted by atomic mass is 16.5. The third-order valence-corrected chi connectivity index (χ3v) is 2.74. The normalized spacial score (nSPS) is 10.1. The Kier molecular flexibility index (Phi) is 4.20. The minimum atomic E-state index is -1.06. The highest BCUT2D eigenvalue weighted by Crippen LogP contribution is 2.24. The van der Waals surface area contributed by atoms with Crippen molar-refractivity contribution in [2.45, 2.75) is 13.5 Å². The van der Waals surface area contributed by atoms with Crippen molar-refractivity contribution in [2.75, 3.05) is 7.11 Å². The van der Waals surface area contributed by atoms with E-state index in [1.165, 1.54) is 13.2 Å². The van der Waals surface area contributed by atoms with Crippen molar-refractivity contribution in [3.63, 3.8) is 0 Å². The Hall–Kier alpha value is -2.56. The molecule has 0 bridgehead atoms. The molecule has 2 aromatic rings. The maximum atomic E-state index is 11.2. The Bertz CT molecular complexity index is 625. The van der Waals surface area contributed by atoms with Crippen molar-refractivity contribution in [3.05, 3.63) is 53.3 Å². The van der Waals surface area contributed by atoms with Gasteiger partial charge in [-0.1, -0.05) is 6.07 Å². The quantitative estimate of drug-likeness (QED) is 0.907. The van der Waals surface area contributed by atoms with Crippen LogP contribution < -0.4 is 9.47 Å². The lowest BCUT2D eigenvalue weighted by molar-refractivity contribution is 0.0691. The number of carbonyl (C=O) groups is 1. The minimum Gasteiger partial charge on any atom is -0.497 e. The van der Waals surface area contributed by atoms with Gasteiger partial charge in [0.05, 0.1) is 12.8 Å². The summed E-state index contributed by atoms with van der Waals surface area (Å²) in [6.07, 6.45) is 0. The molecule has 0 saturated carbocycles.